The molecule has 3 heteroatoms. The number of hydrogen-bond donors (Lipinski definition) is 0. The van der Waals surface area contributed by atoms with Gasteiger partial charge in [0.25, 0.3) is 0 Å². The van der Waals surface area contributed by atoms with E-state index in [9.17, 15) is 4.79 Å². The SMILES string of the molecule is CC(C)CC(=O)C1=CN2c3ccccc3O[C@@H]2C[C@H]1c1ccccc1. The van der Waals surface area contributed by atoms with Crippen LogP contribution in [0, 0.1) is 5.92 Å². The summed E-state index contributed by atoms with van der Waals surface area (Å²) in [6.07, 6.45) is 3.35. The van der Waals surface area contributed by atoms with Gasteiger partial charge in [0.05, 0.1) is 5.69 Å². The highest BCUT2D eigenvalue weighted by Crippen LogP contribution is 2.45. The normalized spacial score (nSPS) is 21.4. The van der Waals surface area contributed by atoms with Crippen LogP contribution in [0.1, 0.15) is 38.2 Å². The molecule has 0 N–H and O–H groups in total. The number of allylic oxidation sites excluding steroid dienone is 1. The molecule has 0 saturated heterocycles. The van der Waals surface area contributed by atoms with Crippen molar-refractivity contribution in [2.24, 2.45) is 5.92 Å². The Labute approximate surface area is 148 Å². The minimum absolute atomic E-state index is 0.0433. The van der Waals surface area contributed by atoms with E-state index >= 15 is 0 Å². The summed E-state index contributed by atoms with van der Waals surface area (Å²) in [5, 5.41) is 0. The molecule has 25 heavy (non-hydrogen) atoms. The van der Waals surface area contributed by atoms with Crippen molar-refractivity contribution in [3.8, 4) is 5.75 Å². The molecule has 2 aliphatic heterocycles. The first-order chi connectivity index (χ1) is 12.1. The van der Waals surface area contributed by atoms with Crippen molar-refractivity contribution in [3.05, 3.63) is 71.9 Å². The van der Waals surface area contributed by atoms with Crippen LogP contribution in [-0.2, 0) is 4.79 Å². The Morgan fingerprint density at radius 3 is 2.60 bits per heavy atom. The molecule has 0 saturated carbocycles. The molecule has 0 radical (unpaired) electrons. The predicted octanol–water partition coefficient (Wildman–Crippen LogP) is 4.90. The molecular formula is C22H23NO2. The van der Waals surface area contributed by atoms with E-state index in [2.05, 4.69) is 36.9 Å². The Hall–Kier alpha value is -2.55. The molecule has 2 heterocycles. The van der Waals surface area contributed by atoms with Crippen molar-refractivity contribution in [2.45, 2.75) is 38.8 Å². The minimum atomic E-state index is -0.0433. The van der Waals surface area contributed by atoms with Crippen molar-refractivity contribution in [1.82, 2.24) is 0 Å². The highest BCUT2D eigenvalue weighted by Gasteiger charge is 2.39. The fraction of sp³-hybridized carbons (Fsp3) is 0.318. The molecular weight excluding hydrogens is 310 g/mol. The number of para-hydroxylation sites is 2. The Balaban J connectivity index is 1.75. The summed E-state index contributed by atoms with van der Waals surface area (Å²) in [4.78, 5) is 15.1. The second-order valence-electron chi connectivity index (χ2n) is 7.25. The molecule has 0 spiro atoms. The zero-order chi connectivity index (χ0) is 17.4. The third-order valence-electron chi connectivity index (χ3n) is 4.93. The van der Waals surface area contributed by atoms with Gasteiger partial charge in [0.1, 0.15) is 5.75 Å². The Morgan fingerprint density at radius 2 is 1.84 bits per heavy atom. The van der Waals surface area contributed by atoms with E-state index in [1.165, 1.54) is 5.56 Å². The average Bonchev–Trinajstić information content (AvgIpc) is 2.98. The van der Waals surface area contributed by atoms with Crippen molar-refractivity contribution in [2.75, 3.05) is 4.90 Å². The van der Waals surface area contributed by atoms with Crippen molar-refractivity contribution in [1.29, 1.82) is 0 Å². The Bertz CT molecular complexity index is 810. The number of carbonyl (C=O) groups is 1. The number of hydrogen-bond acceptors (Lipinski definition) is 3. The van der Waals surface area contributed by atoms with E-state index in [1.54, 1.807) is 0 Å². The number of rotatable bonds is 4. The van der Waals surface area contributed by atoms with Gasteiger partial charge >= 0.3 is 0 Å². The van der Waals surface area contributed by atoms with Crippen LogP contribution in [0.4, 0.5) is 5.69 Å². The van der Waals surface area contributed by atoms with Crippen LogP contribution >= 0.6 is 0 Å². The predicted molar refractivity (Wildman–Crippen MR) is 99.7 cm³/mol. The maximum atomic E-state index is 13.0. The first kappa shape index (κ1) is 15.9. The quantitative estimate of drug-likeness (QED) is 0.797. The number of benzene rings is 2. The molecule has 2 aromatic carbocycles. The minimum Gasteiger partial charge on any atom is -0.468 e. The van der Waals surface area contributed by atoms with Gasteiger partial charge in [0, 0.05) is 30.5 Å². The lowest BCUT2D eigenvalue weighted by atomic mass is 9.82. The van der Waals surface area contributed by atoms with Crippen LogP contribution in [0.3, 0.4) is 0 Å². The van der Waals surface area contributed by atoms with Gasteiger partial charge in [0.2, 0.25) is 0 Å². The number of anilines is 1. The Kier molecular flexibility index (Phi) is 4.08. The molecule has 4 rings (SSSR count). The van der Waals surface area contributed by atoms with Gasteiger partial charge in [-0.3, -0.25) is 4.79 Å². The summed E-state index contributed by atoms with van der Waals surface area (Å²) < 4.78 is 6.14. The van der Waals surface area contributed by atoms with E-state index in [0.717, 1.165) is 23.4 Å². The number of nitrogens with zero attached hydrogens (tertiary/aromatic N) is 1. The number of carbonyl (C=O) groups excluding carboxylic acids is 1. The number of Topliss-reactive ketones (excluding diaryl/α,β-unsaturated/α-hetero) is 1. The number of fused-ring (bicyclic) bond motifs is 3. The van der Waals surface area contributed by atoms with Gasteiger partial charge in [-0.05, 0) is 23.6 Å². The van der Waals surface area contributed by atoms with E-state index < -0.39 is 0 Å². The van der Waals surface area contributed by atoms with E-state index in [4.69, 9.17) is 4.74 Å². The average molecular weight is 333 g/mol. The highest BCUT2D eigenvalue weighted by atomic mass is 16.5. The van der Waals surface area contributed by atoms with Crippen molar-refractivity contribution >= 4 is 11.5 Å². The zero-order valence-corrected chi connectivity index (χ0v) is 14.7. The fourth-order valence-corrected chi connectivity index (χ4v) is 3.77. The molecule has 0 unspecified atom stereocenters. The van der Waals surface area contributed by atoms with Crippen LogP contribution < -0.4 is 9.64 Å². The van der Waals surface area contributed by atoms with E-state index in [0.29, 0.717) is 12.3 Å². The number of ether oxygens (including phenoxy) is 1. The first-order valence-electron chi connectivity index (χ1n) is 8.97. The van der Waals surface area contributed by atoms with Crippen LogP contribution in [-0.4, -0.2) is 12.0 Å². The van der Waals surface area contributed by atoms with E-state index in [-0.39, 0.29) is 17.9 Å². The Morgan fingerprint density at radius 1 is 1.12 bits per heavy atom. The molecule has 2 atom stereocenters. The molecule has 0 fully saturated rings. The molecule has 2 aromatic rings. The third-order valence-corrected chi connectivity index (χ3v) is 4.93. The highest BCUT2D eigenvalue weighted by molar-refractivity contribution is 5.98. The third kappa shape index (κ3) is 2.95. The van der Waals surface area contributed by atoms with Crippen LogP contribution in [0.15, 0.2) is 66.4 Å². The summed E-state index contributed by atoms with van der Waals surface area (Å²) in [6, 6.07) is 18.4. The molecule has 0 aromatic heterocycles. The zero-order valence-electron chi connectivity index (χ0n) is 14.7. The maximum Gasteiger partial charge on any atom is 0.177 e. The maximum absolute atomic E-state index is 13.0. The van der Waals surface area contributed by atoms with Crippen molar-refractivity contribution in [3.63, 3.8) is 0 Å². The van der Waals surface area contributed by atoms with Crippen LogP contribution in [0.5, 0.6) is 5.75 Å². The largest absolute Gasteiger partial charge is 0.468 e. The lowest BCUT2D eigenvalue weighted by molar-refractivity contribution is -0.116. The lowest BCUT2D eigenvalue weighted by Crippen LogP contribution is -2.38. The monoisotopic (exact) mass is 333 g/mol. The van der Waals surface area contributed by atoms with Crippen LogP contribution in [0.2, 0.25) is 0 Å². The van der Waals surface area contributed by atoms with Gasteiger partial charge in [-0.15, -0.1) is 0 Å². The van der Waals surface area contributed by atoms with Crippen molar-refractivity contribution < 1.29 is 9.53 Å². The topological polar surface area (TPSA) is 29.5 Å². The first-order valence-corrected chi connectivity index (χ1v) is 8.97. The van der Waals surface area contributed by atoms with Gasteiger partial charge in [-0.2, -0.15) is 0 Å². The fourth-order valence-electron chi connectivity index (χ4n) is 3.77. The molecule has 0 bridgehead atoms. The second-order valence-corrected chi connectivity index (χ2v) is 7.25. The van der Waals surface area contributed by atoms with E-state index in [1.807, 2.05) is 42.6 Å². The van der Waals surface area contributed by atoms with Gasteiger partial charge in [-0.1, -0.05) is 56.3 Å². The standard InChI is InChI=1S/C22H23NO2/c1-15(2)12-20(24)18-14-23-19-10-6-7-11-21(19)25-22(23)13-17(18)16-8-4-3-5-9-16/h3-11,14-15,17,22H,12-13H2,1-2H3/t17-,22+/m0/s1. The second kappa shape index (κ2) is 6.40. The summed E-state index contributed by atoms with van der Waals surface area (Å²) in [5.74, 6) is 1.58. The molecule has 0 amide bonds. The van der Waals surface area contributed by atoms with Crippen LogP contribution in [0.25, 0.3) is 0 Å². The lowest BCUT2D eigenvalue weighted by Gasteiger charge is -2.33. The molecule has 0 aliphatic carbocycles. The summed E-state index contributed by atoms with van der Waals surface area (Å²) >= 11 is 0. The summed E-state index contributed by atoms with van der Waals surface area (Å²) in [5.41, 5.74) is 3.13. The van der Waals surface area contributed by atoms with Gasteiger partial charge in [-0.25, -0.2) is 0 Å². The molecule has 128 valence electrons. The van der Waals surface area contributed by atoms with Gasteiger partial charge < -0.3 is 9.64 Å². The summed E-state index contributed by atoms with van der Waals surface area (Å²) in [7, 11) is 0. The summed E-state index contributed by atoms with van der Waals surface area (Å²) in [6.45, 7) is 4.19. The van der Waals surface area contributed by atoms with Gasteiger partial charge in [0.15, 0.2) is 12.0 Å². The smallest absolute Gasteiger partial charge is 0.177 e. The molecule has 3 nitrogen and oxygen atoms in total. The number of ketones is 1. The molecule has 2 aliphatic rings.